The Morgan fingerprint density at radius 2 is 1.83 bits per heavy atom. The van der Waals surface area contributed by atoms with Crippen LogP contribution in [0.2, 0.25) is 5.02 Å². The van der Waals surface area contributed by atoms with Crippen LogP contribution in [0.4, 0.5) is 27.9 Å². The van der Waals surface area contributed by atoms with Crippen LogP contribution >= 0.6 is 11.6 Å². The molecule has 150 valence electrons. The maximum atomic E-state index is 12.0. The number of aryl methyl sites for hydroxylation is 2. The van der Waals surface area contributed by atoms with Crippen molar-refractivity contribution in [1.29, 1.82) is 0 Å². The number of hydrogen-bond acceptors (Lipinski definition) is 6. The molecule has 4 N–H and O–H groups in total. The van der Waals surface area contributed by atoms with Gasteiger partial charge in [0.2, 0.25) is 0 Å². The molecule has 2 heterocycles. The van der Waals surface area contributed by atoms with Crippen molar-refractivity contribution < 1.29 is 4.79 Å². The average Bonchev–Trinajstić information content (AvgIpc) is 2.68. The van der Waals surface area contributed by atoms with Crippen LogP contribution in [0.5, 0.6) is 0 Å². The molecule has 0 unspecified atom stereocenters. The molecule has 0 aliphatic carbocycles. The second-order valence-corrected chi connectivity index (χ2v) is 6.72. The van der Waals surface area contributed by atoms with Crippen molar-refractivity contribution in [3.05, 3.63) is 65.1 Å². The normalized spacial score (nSPS) is 10.3. The van der Waals surface area contributed by atoms with Crippen molar-refractivity contribution >= 4 is 40.8 Å². The van der Waals surface area contributed by atoms with Gasteiger partial charge in [-0.15, -0.1) is 0 Å². The van der Waals surface area contributed by atoms with Gasteiger partial charge in [0.1, 0.15) is 23.3 Å². The highest BCUT2D eigenvalue weighted by Crippen LogP contribution is 2.22. The maximum Gasteiger partial charge on any atom is 0.319 e. The molecule has 29 heavy (non-hydrogen) atoms. The molecule has 9 heteroatoms. The molecule has 0 spiro atoms. The topological polar surface area (TPSA) is 104 Å². The molecular formula is C20H22ClN7O. The van der Waals surface area contributed by atoms with Crippen LogP contribution in [0.1, 0.15) is 11.4 Å². The van der Waals surface area contributed by atoms with E-state index in [1.54, 1.807) is 24.4 Å². The Morgan fingerprint density at radius 3 is 2.59 bits per heavy atom. The summed E-state index contributed by atoms with van der Waals surface area (Å²) < 4.78 is 0. The van der Waals surface area contributed by atoms with Crippen LogP contribution in [0.15, 0.2) is 48.7 Å². The van der Waals surface area contributed by atoms with Crippen molar-refractivity contribution in [3.63, 3.8) is 0 Å². The second-order valence-electron chi connectivity index (χ2n) is 6.32. The number of urea groups is 1. The lowest BCUT2D eigenvalue weighted by molar-refractivity contribution is 0.252. The first-order chi connectivity index (χ1) is 14.0. The van der Waals surface area contributed by atoms with Gasteiger partial charge in [0.05, 0.1) is 10.7 Å². The number of rotatable bonds is 7. The van der Waals surface area contributed by atoms with Gasteiger partial charge in [-0.05, 0) is 43.7 Å². The zero-order valence-corrected chi connectivity index (χ0v) is 16.9. The number of carbonyl (C=O) groups is 1. The molecule has 0 atom stereocenters. The first-order valence-electron chi connectivity index (χ1n) is 9.08. The summed E-state index contributed by atoms with van der Waals surface area (Å²) in [5.41, 5.74) is 1.60. The summed E-state index contributed by atoms with van der Waals surface area (Å²) in [6, 6.07) is 12.5. The molecule has 2 aromatic heterocycles. The molecule has 0 aliphatic rings. The number of hydrogen-bond donors (Lipinski definition) is 4. The number of anilines is 4. The van der Waals surface area contributed by atoms with Crippen molar-refractivity contribution in [1.82, 2.24) is 20.3 Å². The van der Waals surface area contributed by atoms with E-state index in [2.05, 4.69) is 36.2 Å². The molecule has 0 radical (unpaired) electrons. The zero-order valence-electron chi connectivity index (χ0n) is 16.2. The minimum atomic E-state index is -0.325. The minimum absolute atomic E-state index is 0.325. The van der Waals surface area contributed by atoms with Gasteiger partial charge in [-0.2, -0.15) is 0 Å². The van der Waals surface area contributed by atoms with Crippen molar-refractivity contribution in [2.45, 2.75) is 13.8 Å². The Morgan fingerprint density at radius 1 is 1.00 bits per heavy atom. The van der Waals surface area contributed by atoms with Gasteiger partial charge in [-0.3, -0.25) is 0 Å². The monoisotopic (exact) mass is 411 g/mol. The lowest BCUT2D eigenvalue weighted by atomic mass is 10.2. The lowest BCUT2D eigenvalue weighted by Gasteiger charge is -2.11. The number of benzene rings is 1. The molecule has 0 bridgehead atoms. The first-order valence-corrected chi connectivity index (χ1v) is 9.46. The Balaban J connectivity index is 1.48. The van der Waals surface area contributed by atoms with Gasteiger partial charge in [0.25, 0.3) is 0 Å². The lowest BCUT2D eigenvalue weighted by Crippen LogP contribution is -2.32. The smallest absolute Gasteiger partial charge is 0.319 e. The van der Waals surface area contributed by atoms with Crippen LogP contribution in [-0.4, -0.2) is 34.1 Å². The van der Waals surface area contributed by atoms with Crippen LogP contribution < -0.4 is 21.3 Å². The van der Waals surface area contributed by atoms with Gasteiger partial charge in [0, 0.05) is 25.4 Å². The molecule has 0 saturated heterocycles. The summed E-state index contributed by atoms with van der Waals surface area (Å²) >= 11 is 6.12. The van der Waals surface area contributed by atoms with Gasteiger partial charge in [0.15, 0.2) is 0 Å². The van der Waals surface area contributed by atoms with Gasteiger partial charge >= 0.3 is 6.03 Å². The number of nitrogens with one attached hydrogen (secondary N) is 4. The van der Waals surface area contributed by atoms with Gasteiger partial charge in [-0.25, -0.2) is 19.7 Å². The third kappa shape index (κ3) is 6.32. The summed E-state index contributed by atoms with van der Waals surface area (Å²) in [6.45, 7) is 4.65. The van der Waals surface area contributed by atoms with Crippen molar-refractivity contribution in [2.75, 3.05) is 29.0 Å². The first kappa shape index (κ1) is 20.3. The molecular weight excluding hydrogens is 390 g/mol. The van der Waals surface area contributed by atoms with Gasteiger partial charge < -0.3 is 21.3 Å². The number of carbonyl (C=O) groups excluding carboxylic acids is 1. The molecule has 1 aromatic carbocycles. The molecule has 3 rings (SSSR count). The number of aromatic nitrogens is 3. The summed E-state index contributed by atoms with van der Waals surface area (Å²) in [6.07, 6.45) is 1.70. The van der Waals surface area contributed by atoms with Crippen molar-refractivity contribution in [2.24, 2.45) is 0 Å². The van der Waals surface area contributed by atoms with Crippen molar-refractivity contribution in [3.8, 4) is 0 Å². The van der Waals surface area contributed by atoms with Crippen LogP contribution in [0.3, 0.4) is 0 Å². The fourth-order valence-electron chi connectivity index (χ4n) is 2.54. The fourth-order valence-corrected chi connectivity index (χ4v) is 2.83. The SMILES string of the molecule is Cc1ccc(NC(=O)NCCNc2cc(Nc3ccccn3)nc(C)n2)c(Cl)c1. The number of nitrogens with zero attached hydrogens (tertiary/aromatic N) is 3. The van der Waals surface area contributed by atoms with E-state index in [4.69, 9.17) is 11.6 Å². The summed E-state index contributed by atoms with van der Waals surface area (Å²) in [7, 11) is 0. The van der Waals surface area contributed by atoms with E-state index in [1.807, 2.05) is 38.1 Å². The maximum absolute atomic E-state index is 12.0. The standard InChI is InChI=1S/C20H22ClN7O/c1-13-6-7-16(15(21)11-13)27-20(29)24-10-9-23-18-12-19(26-14(2)25-18)28-17-5-3-4-8-22-17/h3-8,11-12H,9-10H2,1-2H3,(H2,24,27,29)(H2,22,23,25,26,28). The zero-order chi connectivity index (χ0) is 20.6. The Hall–Kier alpha value is -3.39. The molecule has 8 nitrogen and oxygen atoms in total. The highest BCUT2D eigenvalue weighted by Gasteiger charge is 2.06. The number of amides is 2. The number of halogens is 1. The van der Waals surface area contributed by atoms with Gasteiger partial charge in [-0.1, -0.05) is 23.7 Å². The summed E-state index contributed by atoms with van der Waals surface area (Å²) in [4.78, 5) is 24.9. The second kappa shape index (κ2) is 9.70. The Kier molecular flexibility index (Phi) is 6.80. The third-order valence-electron chi connectivity index (χ3n) is 3.85. The molecule has 2 amide bonds. The van der Waals surface area contributed by atoms with Crippen LogP contribution in [0, 0.1) is 13.8 Å². The van der Waals surface area contributed by atoms with E-state index >= 15 is 0 Å². The Labute approximate surface area is 174 Å². The van der Waals surface area contributed by atoms with E-state index in [1.165, 1.54) is 0 Å². The summed E-state index contributed by atoms with van der Waals surface area (Å²) in [5.74, 6) is 2.61. The average molecular weight is 412 g/mol. The van der Waals surface area contributed by atoms with E-state index < -0.39 is 0 Å². The summed E-state index contributed by atoms with van der Waals surface area (Å²) in [5, 5.41) is 12.3. The van der Waals surface area contributed by atoms with E-state index in [9.17, 15) is 4.79 Å². The molecule has 0 aliphatic heterocycles. The largest absolute Gasteiger partial charge is 0.368 e. The Bertz CT molecular complexity index is 982. The predicted molar refractivity (Wildman–Crippen MR) is 116 cm³/mol. The van der Waals surface area contributed by atoms with Crippen LogP contribution in [0.25, 0.3) is 0 Å². The third-order valence-corrected chi connectivity index (χ3v) is 4.16. The van der Waals surface area contributed by atoms with E-state index in [-0.39, 0.29) is 6.03 Å². The minimum Gasteiger partial charge on any atom is -0.368 e. The quantitative estimate of drug-likeness (QED) is 0.436. The highest BCUT2D eigenvalue weighted by molar-refractivity contribution is 6.33. The molecule has 0 saturated carbocycles. The number of pyridine rings is 1. The van der Waals surface area contributed by atoms with Crippen LogP contribution in [-0.2, 0) is 0 Å². The molecule has 0 fully saturated rings. The predicted octanol–water partition coefficient (Wildman–Crippen LogP) is 4.12. The fraction of sp³-hybridized carbons (Fsp3) is 0.200. The van der Waals surface area contributed by atoms with E-state index in [0.717, 1.165) is 5.56 Å². The highest BCUT2D eigenvalue weighted by atomic mass is 35.5. The van der Waals surface area contributed by atoms with E-state index in [0.29, 0.717) is 47.1 Å². The molecule has 3 aromatic rings.